The molecule has 0 spiro atoms. The number of fused-ring (bicyclic) bond motifs is 1. The maximum Gasteiger partial charge on any atom is 0.251 e. The molecule has 2 heterocycles. The Balaban J connectivity index is 1.67. The normalized spacial score (nSPS) is 15.2. The summed E-state index contributed by atoms with van der Waals surface area (Å²) in [5, 5.41) is 6.87. The van der Waals surface area contributed by atoms with Crippen molar-refractivity contribution in [1.82, 2.24) is 15.2 Å². The molecular formula is C20H25ClN4O2S. The van der Waals surface area contributed by atoms with Gasteiger partial charge in [-0.3, -0.25) is 14.5 Å². The summed E-state index contributed by atoms with van der Waals surface area (Å²) in [6.45, 7) is 8.82. The van der Waals surface area contributed by atoms with Crippen molar-refractivity contribution in [1.29, 1.82) is 0 Å². The van der Waals surface area contributed by atoms with Crippen LogP contribution in [0.1, 0.15) is 41.7 Å². The van der Waals surface area contributed by atoms with Gasteiger partial charge in [-0.15, -0.1) is 11.3 Å². The second-order valence-electron chi connectivity index (χ2n) is 7.20. The minimum atomic E-state index is -0.656. The number of halogens is 1. The molecule has 0 bridgehead atoms. The molecule has 1 atom stereocenters. The summed E-state index contributed by atoms with van der Waals surface area (Å²) in [4.78, 5) is 33.5. The van der Waals surface area contributed by atoms with Gasteiger partial charge in [0, 0.05) is 35.0 Å². The Labute approximate surface area is 174 Å². The van der Waals surface area contributed by atoms with E-state index in [4.69, 9.17) is 11.6 Å². The number of nitrogens with zero attached hydrogens (tertiary/aromatic N) is 2. The average molecular weight is 421 g/mol. The van der Waals surface area contributed by atoms with Crippen LogP contribution in [0, 0.1) is 5.92 Å². The standard InChI is InChI=1S/C20H25ClN4O2S/c1-4-25-10-9-15-16(11-25)28-20(22-15)24-19(27)17(12(2)3)23-18(26)13-5-7-14(21)8-6-13/h5-8,12,17H,4,9-11H2,1-3H3,(H,23,26)(H,22,24,27). The first-order valence-electron chi connectivity index (χ1n) is 9.45. The quantitative estimate of drug-likeness (QED) is 0.749. The Morgan fingerprint density at radius 2 is 2.00 bits per heavy atom. The average Bonchev–Trinajstić information content (AvgIpc) is 3.07. The Hall–Kier alpha value is -1.96. The fraction of sp³-hybridized carbons (Fsp3) is 0.450. The fourth-order valence-corrected chi connectivity index (χ4v) is 4.30. The summed E-state index contributed by atoms with van der Waals surface area (Å²) >= 11 is 7.39. The molecule has 0 saturated heterocycles. The van der Waals surface area contributed by atoms with E-state index in [1.807, 2.05) is 13.8 Å². The summed E-state index contributed by atoms with van der Waals surface area (Å²) < 4.78 is 0. The number of aromatic nitrogens is 1. The summed E-state index contributed by atoms with van der Waals surface area (Å²) in [5.74, 6) is -0.625. The van der Waals surface area contributed by atoms with Gasteiger partial charge in [0.25, 0.3) is 5.91 Å². The van der Waals surface area contributed by atoms with Crippen LogP contribution in [0.15, 0.2) is 24.3 Å². The largest absolute Gasteiger partial charge is 0.340 e. The minimum Gasteiger partial charge on any atom is -0.340 e. The van der Waals surface area contributed by atoms with Gasteiger partial charge in [0.05, 0.1) is 5.69 Å². The maximum atomic E-state index is 12.8. The molecule has 2 amide bonds. The lowest BCUT2D eigenvalue weighted by molar-refractivity contribution is -0.118. The number of carbonyl (C=O) groups excluding carboxylic acids is 2. The van der Waals surface area contributed by atoms with E-state index in [2.05, 4.69) is 27.4 Å². The van der Waals surface area contributed by atoms with Crippen molar-refractivity contribution in [3.63, 3.8) is 0 Å². The molecule has 2 N–H and O–H groups in total. The van der Waals surface area contributed by atoms with E-state index in [0.717, 1.165) is 31.7 Å². The molecule has 1 aromatic carbocycles. The number of hydrogen-bond acceptors (Lipinski definition) is 5. The number of hydrogen-bond donors (Lipinski definition) is 2. The van der Waals surface area contributed by atoms with E-state index in [9.17, 15) is 9.59 Å². The van der Waals surface area contributed by atoms with Crippen LogP contribution in [-0.4, -0.2) is 40.8 Å². The molecule has 0 saturated carbocycles. The number of nitrogens with one attached hydrogen (secondary N) is 2. The number of rotatable bonds is 6. The summed E-state index contributed by atoms with van der Waals surface area (Å²) in [6.07, 6.45) is 0.899. The molecule has 8 heteroatoms. The molecule has 6 nitrogen and oxygen atoms in total. The lowest BCUT2D eigenvalue weighted by atomic mass is 10.0. The van der Waals surface area contributed by atoms with E-state index in [0.29, 0.717) is 15.7 Å². The number of amides is 2. The third kappa shape index (κ3) is 4.90. The highest BCUT2D eigenvalue weighted by molar-refractivity contribution is 7.15. The lowest BCUT2D eigenvalue weighted by Crippen LogP contribution is -2.47. The molecule has 1 unspecified atom stereocenters. The Morgan fingerprint density at radius 3 is 2.64 bits per heavy atom. The Bertz CT molecular complexity index is 850. The van der Waals surface area contributed by atoms with Crippen molar-refractivity contribution in [2.45, 2.75) is 39.8 Å². The van der Waals surface area contributed by atoms with E-state index in [-0.39, 0.29) is 17.7 Å². The molecule has 0 aliphatic carbocycles. The number of likely N-dealkylation sites (N-methyl/N-ethyl adjacent to an activating group) is 1. The predicted molar refractivity (Wildman–Crippen MR) is 113 cm³/mol. The molecule has 28 heavy (non-hydrogen) atoms. The van der Waals surface area contributed by atoms with Gasteiger partial charge >= 0.3 is 0 Å². The van der Waals surface area contributed by atoms with Crippen LogP contribution in [0.25, 0.3) is 0 Å². The number of carbonyl (C=O) groups is 2. The molecule has 150 valence electrons. The van der Waals surface area contributed by atoms with Crippen molar-refractivity contribution < 1.29 is 9.59 Å². The van der Waals surface area contributed by atoms with E-state index < -0.39 is 6.04 Å². The molecule has 1 aliphatic rings. The molecule has 0 radical (unpaired) electrons. The number of thiazole rings is 1. The van der Waals surface area contributed by atoms with Crippen LogP contribution in [0.5, 0.6) is 0 Å². The Morgan fingerprint density at radius 1 is 1.29 bits per heavy atom. The van der Waals surface area contributed by atoms with Gasteiger partial charge in [-0.2, -0.15) is 0 Å². The maximum absolute atomic E-state index is 12.8. The van der Waals surface area contributed by atoms with E-state index in [1.165, 1.54) is 16.2 Å². The van der Waals surface area contributed by atoms with Gasteiger partial charge in [0.15, 0.2) is 5.13 Å². The van der Waals surface area contributed by atoms with E-state index >= 15 is 0 Å². The fourth-order valence-electron chi connectivity index (χ4n) is 3.12. The predicted octanol–water partition coefficient (Wildman–Crippen LogP) is 3.57. The SMILES string of the molecule is CCN1CCc2nc(NC(=O)C(NC(=O)c3ccc(Cl)cc3)C(C)C)sc2C1. The molecule has 0 fully saturated rings. The van der Waals surface area contributed by atoms with Gasteiger partial charge in [0.2, 0.25) is 5.91 Å². The van der Waals surface area contributed by atoms with Gasteiger partial charge in [-0.25, -0.2) is 4.98 Å². The van der Waals surface area contributed by atoms with Crippen molar-refractivity contribution in [3.05, 3.63) is 45.4 Å². The van der Waals surface area contributed by atoms with Crippen LogP contribution < -0.4 is 10.6 Å². The van der Waals surface area contributed by atoms with Crippen LogP contribution in [-0.2, 0) is 17.8 Å². The molecule has 1 aliphatic heterocycles. The minimum absolute atomic E-state index is 0.0681. The molecule has 2 aromatic rings. The van der Waals surface area contributed by atoms with Crippen molar-refractivity contribution in [2.75, 3.05) is 18.4 Å². The second-order valence-corrected chi connectivity index (χ2v) is 8.72. The number of anilines is 1. The third-order valence-corrected chi connectivity index (χ3v) is 6.08. The van der Waals surface area contributed by atoms with Crippen LogP contribution in [0.4, 0.5) is 5.13 Å². The van der Waals surface area contributed by atoms with Gasteiger partial charge in [-0.05, 0) is 36.7 Å². The first-order chi connectivity index (χ1) is 13.4. The Kier molecular flexibility index (Phi) is 6.69. The van der Waals surface area contributed by atoms with Crippen LogP contribution >= 0.6 is 22.9 Å². The molecule has 1 aromatic heterocycles. The summed E-state index contributed by atoms with van der Waals surface area (Å²) in [5.41, 5.74) is 1.53. The summed E-state index contributed by atoms with van der Waals surface area (Å²) in [6, 6.07) is 5.93. The zero-order valence-corrected chi connectivity index (χ0v) is 17.9. The van der Waals surface area contributed by atoms with Gasteiger partial charge < -0.3 is 10.6 Å². The third-order valence-electron chi connectivity index (χ3n) is 4.83. The highest BCUT2D eigenvalue weighted by atomic mass is 35.5. The van der Waals surface area contributed by atoms with Crippen LogP contribution in [0.2, 0.25) is 5.02 Å². The topological polar surface area (TPSA) is 74.3 Å². The highest BCUT2D eigenvalue weighted by Gasteiger charge is 2.27. The highest BCUT2D eigenvalue weighted by Crippen LogP contribution is 2.28. The summed E-state index contributed by atoms with van der Waals surface area (Å²) in [7, 11) is 0. The van der Waals surface area contributed by atoms with Gasteiger partial charge in [0.1, 0.15) is 6.04 Å². The zero-order chi connectivity index (χ0) is 20.3. The molecule has 3 rings (SSSR count). The van der Waals surface area contributed by atoms with Gasteiger partial charge in [-0.1, -0.05) is 32.4 Å². The zero-order valence-electron chi connectivity index (χ0n) is 16.3. The second kappa shape index (κ2) is 9.03. The van der Waals surface area contributed by atoms with Crippen molar-refractivity contribution >= 4 is 39.9 Å². The monoisotopic (exact) mass is 420 g/mol. The van der Waals surface area contributed by atoms with Crippen LogP contribution in [0.3, 0.4) is 0 Å². The molecular weight excluding hydrogens is 396 g/mol. The lowest BCUT2D eigenvalue weighted by Gasteiger charge is -2.23. The number of benzene rings is 1. The van der Waals surface area contributed by atoms with Crippen molar-refractivity contribution in [3.8, 4) is 0 Å². The first kappa shape index (κ1) is 20.8. The smallest absolute Gasteiger partial charge is 0.251 e. The van der Waals surface area contributed by atoms with E-state index in [1.54, 1.807) is 24.3 Å². The van der Waals surface area contributed by atoms with Crippen molar-refractivity contribution in [2.24, 2.45) is 5.92 Å². The first-order valence-corrected chi connectivity index (χ1v) is 10.6.